The molecule has 3 aromatic rings. The highest BCUT2D eigenvalue weighted by Crippen LogP contribution is 2.51. The molecule has 31 heavy (non-hydrogen) atoms. The van der Waals surface area contributed by atoms with Crippen molar-refractivity contribution in [3.63, 3.8) is 0 Å². The molecular formula is C25H24N2O4. The molecule has 1 aliphatic carbocycles. The molecule has 6 nitrogen and oxygen atoms in total. The summed E-state index contributed by atoms with van der Waals surface area (Å²) in [4.78, 5) is 29.7. The van der Waals surface area contributed by atoms with Gasteiger partial charge in [0.2, 0.25) is 6.79 Å². The van der Waals surface area contributed by atoms with E-state index in [2.05, 4.69) is 5.32 Å². The normalized spacial score (nSPS) is 15.4. The van der Waals surface area contributed by atoms with Gasteiger partial charge in [-0.15, -0.1) is 0 Å². The Kier molecular flexibility index (Phi) is 4.70. The summed E-state index contributed by atoms with van der Waals surface area (Å²) < 4.78 is 10.9. The number of ketones is 1. The van der Waals surface area contributed by atoms with Gasteiger partial charge < -0.3 is 14.8 Å². The predicted octanol–water partition coefficient (Wildman–Crippen LogP) is 3.93. The molecule has 1 aromatic heterocycles. The van der Waals surface area contributed by atoms with E-state index in [-0.39, 0.29) is 26.3 Å². The number of pyridine rings is 1. The molecule has 2 aromatic carbocycles. The summed E-state index contributed by atoms with van der Waals surface area (Å²) in [5, 5.41) is 2.61. The zero-order valence-electron chi connectivity index (χ0n) is 17.2. The van der Waals surface area contributed by atoms with E-state index in [1.165, 1.54) is 0 Å². The number of ether oxygens (including phenoxy) is 2. The quantitative estimate of drug-likeness (QED) is 0.659. The SMILES string of the molecule is CNC(=O)c1ccc(-c2cccc(CC(=O)C3(c4ccc5c(c4)OCO5)CC3)n2)cc1.[HH]. The van der Waals surface area contributed by atoms with Crippen LogP contribution in [0, 0.1) is 0 Å². The molecule has 1 aliphatic heterocycles. The minimum atomic E-state index is -0.451. The number of amides is 1. The Balaban J connectivity index is 0.00000245. The van der Waals surface area contributed by atoms with Crippen LogP contribution in [0.1, 0.15) is 35.9 Å². The van der Waals surface area contributed by atoms with Crippen molar-refractivity contribution < 1.29 is 20.5 Å². The molecule has 1 fully saturated rings. The molecular weight excluding hydrogens is 392 g/mol. The van der Waals surface area contributed by atoms with Crippen LogP contribution in [0.4, 0.5) is 0 Å². The standard InChI is InChI=1S/C25H22N2O4.H2/c1-26-24(29)17-7-5-16(6-8-17)20-4-2-3-19(27-20)14-23(28)25(11-12-25)18-9-10-21-22(13-18)31-15-30-21;/h2-10,13H,11-12,14-15H2,1H3,(H,26,29);1H. The summed E-state index contributed by atoms with van der Waals surface area (Å²) in [5.74, 6) is 1.48. The van der Waals surface area contributed by atoms with Crippen molar-refractivity contribution in [2.75, 3.05) is 13.8 Å². The van der Waals surface area contributed by atoms with Crippen molar-refractivity contribution >= 4 is 11.7 Å². The molecule has 2 heterocycles. The van der Waals surface area contributed by atoms with Crippen molar-refractivity contribution in [1.29, 1.82) is 0 Å². The van der Waals surface area contributed by atoms with Gasteiger partial charge in [0.25, 0.3) is 5.91 Å². The van der Waals surface area contributed by atoms with E-state index < -0.39 is 5.41 Å². The third-order valence-electron chi connectivity index (χ3n) is 6.03. The van der Waals surface area contributed by atoms with Crippen LogP contribution in [0.25, 0.3) is 11.3 Å². The van der Waals surface area contributed by atoms with Crippen molar-refractivity contribution in [1.82, 2.24) is 10.3 Å². The first-order chi connectivity index (χ1) is 15.1. The molecule has 0 bridgehead atoms. The number of benzene rings is 2. The highest BCUT2D eigenvalue weighted by Gasteiger charge is 2.50. The summed E-state index contributed by atoms with van der Waals surface area (Å²) in [7, 11) is 1.61. The Morgan fingerprint density at radius 1 is 1.03 bits per heavy atom. The Morgan fingerprint density at radius 3 is 2.55 bits per heavy atom. The number of hydrogen-bond donors (Lipinski definition) is 1. The number of rotatable bonds is 6. The summed E-state index contributed by atoms with van der Waals surface area (Å²) in [6, 6.07) is 18.8. The number of nitrogens with zero attached hydrogens (tertiary/aromatic N) is 1. The van der Waals surface area contributed by atoms with Gasteiger partial charge in [0.05, 0.1) is 11.1 Å². The van der Waals surface area contributed by atoms with Gasteiger partial charge in [-0.3, -0.25) is 14.6 Å². The number of nitrogens with one attached hydrogen (secondary N) is 1. The fourth-order valence-corrected chi connectivity index (χ4v) is 4.06. The van der Waals surface area contributed by atoms with Gasteiger partial charge in [-0.2, -0.15) is 0 Å². The number of carbonyl (C=O) groups excluding carboxylic acids is 2. The number of Topliss-reactive ketones (excluding diaryl/α,β-unsaturated/α-hetero) is 1. The van der Waals surface area contributed by atoms with Gasteiger partial charge in [0.15, 0.2) is 11.5 Å². The van der Waals surface area contributed by atoms with Gasteiger partial charge >= 0.3 is 0 Å². The van der Waals surface area contributed by atoms with Crippen molar-refractivity contribution in [3.05, 3.63) is 77.5 Å². The maximum absolute atomic E-state index is 13.2. The second kappa shape index (κ2) is 7.54. The first kappa shape index (κ1) is 19.3. The van der Waals surface area contributed by atoms with E-state index >= 15 is 0 Å². The first-order valence-electron chi connectivity index (χ1n) is 10.3. The average molecular weight is 416 g/mol. The van der Waals surface area contributed by atoms with Gasteiger partial charge in [0, 0.05) is 31.7 Å². The minimum Gasteiger partial charge on any atom is -0.454 e. The monoisotopic (exact) mass is 416 g/mol. The van der Waals surface area contributed by atoms with Crippen LogP contribution in [0.2, 0.25) is 0 Å². The molecule has 2 aliphatic rings. The number of hydrogen-bond acceptors (Lipinski definition) is 5. The average Bonchev–Trinajstić information content (AvgIpc) is 3.49. The van der Waals surface area contributed by atoms with Gasteiger partial charge in [-0.1, -0.05) is 24.3 Å². The van der Waals surface area contributed by atoms with Crippen LogP contribution in [0.5, 0.6) is 11.5 Å². The lowest BCUT2D eigenvalue weighted by molar-refractivity contribution is -0.120. The zero-order valence-corrected chi connectivity index (χ0v) is 17.2. The Hall–Kier alpha value is -3.67. The van der Waals surface area contributed by atoms with Gasteiger partial charge in [0.1, 0.15) is 5.78 Å². The third kappa shape index (κ3) is 3.54. The largest absolute Gasteiger partial charge is 0.454 e. The highest BCUT2D eigenvalue weighted by molar-refractivity contribution is 5.95. The lowest BCUT2D eigenvalue weighted by Gasteiger charge is -2.15. The summed E-state index contributed by atoms with van der Waals surface area (Å²) in [6.45, 7) is 0.223. The lowest BCUT2D eigenvalue weighted by Crippen LogP contribution is -2.23. The van der Waals surface area contributed by atoms with Gasteiger partial charge in [-0.25, -0.2) is 0 Å². The molecule has 1 saturated carbocycles. The zero-order chi connectivity index (χ0) is 21.4. The second-order valence-corrected chi connectivity index (χ2v) is 7.92. The van der Waals surface area contributed by atoms with E-state index in [0.29, 0.717) is 11.3 Å². The van der Waals surface area contributed by atoms with E-state index in [9.17, 15) is 9.59 Å². The van der Waals surface area contributed by atoms with E-state index in [1.54, 1.807) is 19.2 Å². The van der Waals surface area contributed by atoms with E-state index in [0.717, 1.165) is 41.1 Å². The Morgan fingerprint density at radius 2 is 1.81 bits per heavy atom. The molecule has 0 atom stereocenters. The number of carbonyl (C=O) groups is 2. The summed E-state index contributed by atoms with van der Waals surface area (Å²) in [6.07, 6.45) is 1.96. The molecule has 1 amide bonds. The molecule has 5 rings (SSSR count). The predicted molar refractivity (Wildman–Crippen MR) is 117 cm³/mol. The molecule has 0 spiro atoms. The first-order valence-corrected chi connectivity index (χ1v) is 10.3. The van der Waals surface area contributed by atoms with Crippen LogP contribution in [-0.4, -0.2) is 30.5 Å². The maximum atomic E-state index is 13.2. The van der Waals surface area contributed by atoms with Crippen LogP contribution in [-0.2, 0) is 16.6 Å². The van der Waals surface area contributed by atoms with Crippen LogP contribution < -0.4 is 14.8 Å². The number of aromatic nitrogens is 1. The highest BCUT2D eigenvalue weighted by atomic mass is 16.7. The van der Waals surface area contributed by atoms with Crippen molar-refractivity contribution in [2.24, 2.45) is 0 Å². The van der Waals surface area contributed by atoms with Crippen molar-refractivity contribution in [3.8, 4) is 22.8 Å². The minimum absolute atomic E-state index is 0. The maximum Gasteiger partial charge on any atom is 0.251 e. The fourth-order valence-electron chi connectivity index (χ4n) is 4.06. The second-order valence-electron chi connectivity index (χ2n) is 7.92. The Labute approximate surface area is 181 Å². The van der Waals surface area contributed by atoms with Crippen molar-refractivity contribution in [2.45, 2.75) is 24.7 Å². The van der Waals surface area contributed by atoms with Crippen LogP contribution in [0.3, 0.4) is 0 Å². The smallest absolute Gasteiger partial charge is 0.251 e. The molecule has 0 saturated heterocycles. The van der Waals surface area contributed by atoms with Crippen LogP contribution >= 0.6 is 0 Å². The molecule has 158 valence electrons. The number of fused-ring (bicyclic) bond motifs is 1. The summed E-state index contributed by atoms with van der Waals surface area (Å²) in [5.41, 5.74) is 3.55. The lowest BCUT2D eigenvalue weighted by atomic mass is 9.88. The molecule has 6 heteroatoms. The third-order valence-corrected chi connectivity index (χ3v) is 6.03. The molecule has 1 N–H and O–H groups in total. The summed E-state index contributed by atoms with van der Waals surface area (Å²) >= 11 is 0. The topological polar surface area (TPSA) is 77.5 Å². The van der Waals surface area contributed by atoms with Crippen LogP contribution in [0.15, 0.2) is 60.7 Å². The van der Waals surface area contributed by atoms with Gasteiger partial charge in [-0.05, 0) is 54.8 Å². The Bertz CT molecular complexity index is 1170. The molecule has 0 radical (unpaired) electrons. The fraction of sp³-hybridized carbons (Fsp3) is 0.240. The van der Waals surface area contributed by atoms with E-state index in [1.807, 2.05) is 48.5 Å². The van der Waals surface area contributed by atoms with E-state index in [4.69, 9.17) is 14.5 Å². The molecule has 0 unspecified atom stereocenters.